The van der Waals surface area contributed by atoms with Gasteiger partial charge in [0.05, 0.1) is 17.6 Å². The Morgan fingerprint density at radius 3 is 2.53 bits per heavy atom. The Bertz CT molecular complexity index is 1230. The molecule has 0 saturated carbocycles. The molecule has 2 aromatic heterocycles. The van der Waals surface area contributed by atoms with Gasteiger partial charge >= 0.3 is 5.69 Å². The third kappa shape index (κ3) is 4.64. The zero-order valence-corrected chi connectivity index (χ0v) is 19.8. The molecule has 0 N–H and O–H groups in total. The molecule has 1 aromatic carbocycles. The first-order valence-corrected chi connectivity index (χ1v) is 11.1. The first-order valence-electron chi connectivity index (χ1n) is 11.1. The van der Waals surface area contributed by atoms with Crippen LogP contribution in [0.15, 0.2) is 38.8 Å². The first kappa shape index (κ1) is 23.4. The monoisotopic (exact) mass is 436 g/mol. The summed E-state index contributed by atoms with van der Waals surface area (Å²) < 4.78 is 2.61. The van der Waals surface area contributed by atoms with Crippen LogP contribution in [0.1, 0.15) is 50.7 Å². The molecule has 0 aliphatic heterocycles. The Labute approximate surface area is 188 Å². The largest absolute Gasteiger partial charge is 0.361 e. The molecule has 0 aliphatic rings. The van der Waals surface area contributed by atoms with Crippen LogP contribution in [0.25, 0.3) is 10.9 Å². The van der Waals surface area contributed by atoms with E-state index in [4.69, 9.17) is 0 Å². The van der Waals surface area contributed by atoms with Crippen LogP contribution in [0.2, 0.25) is 0 Å². The summed E-state index contributed by atoms with van der Waals surface area (Å²) >= 11 is 0. The number of amidine groups is 1. The summed E-state index contributed by atoms with van der Waals surface area (Å²) in [7, 11) is 1.65. The molecular weight excluding hydrogens is 404 g/mol. The summed E-state index contributed by atoms with van der Waals surface area (Å²) in [5, 5.41) is 0.955. The van der Waals surface area contributed by atoms with Gasteiger partial charge < -0.3 is 4.90 Å². The normalized spacial score (nSPS) is 11.9. The van der Waals surface area contributed by atoms with E-state index in [1.807, 2.05) is 38.1 Å². The van der Waals surface area contributed by atoms with Gasteiger partial charge in [-0.1, -0.05) is 31.5 Å². The molecule has 0 spiro atoms. The van der Waals surface area contributed by atoms with Crippen LogP contribution >= 0.6 is 0 Å². The van der Waals surface area contributed by atoms with E-state index < -0.39 is 5.69 Å². The quantitative estimate of drug-likeness (QED) is 0.419. The highest BCUT2D eigenvalue weighted by molar-refractivity contribution is 5.82. The minimum absolute atomic E-state index is 0.0125. The SMILES string of the molecule is CCCCN(CC)/C(C)=N/c1c(C)c(=O)n(Cc2nc(C)c3ccccc3n2)c(=O)n1C. The Morgan fingerprint density at radius 2 is 1.84 bits per heavy atom. The molecule has 0 unspecified atom stereocenters. The van der Waals surface area contributed by atoms with Crippen molar-refractivity contribution >= 4 is 22.6 Å². The van der Waals surface area contributed by atoms with Crippen molar-refractivity contribution in [2.24, 2.45) is 12.0 Å². The van der Waals surface area contributed by atoms with Crippen molar-refractivity contribution in [1.82, 2.24) is 24.0 Å². The molecule has 0 radical (unpaired) electrons. The maximum atomic E-state index is 13.1. The Balaban J connectivity index is 2.03. The van der Waals surface area contributed by atoms with E-state index in [1.54, 1.807) is 14.0 Å². The van der Waals surface area contributed by atoms with Gasteiger partial charge in [-0.3, -0.25) is 13.9 Å². The van der Waals surface area contributed by atoms with Crippen LogP contribution in [0.5, 0.6) is 0 Å². The van der Waals surface area contributed by atoms with E-state index in [2.05, 4.69) is 33.7 Å². The van der Waals surface area contributed by atoms with Crippen LogP contribution in [0.4, 0.5) is 5.82 Å². The highest BCUT2D eigenvalue weighted by Crippen LogP contribution is 2.16. The minimum atomic E-state index is -0.432. The van der Waals surface area contributed by atoms with E-state index in [1.165, 1.54) is 9.13 Å². The molecule has 0 amide bonds. The maximum Gasteiger partial charge on any atom is 0.332 e. The van der Waals surface area contributed by atoms with Gasteiger partial charge in [-0.05, 0) is 40.2 Å². The Hall–Kier alpha value is -3.29. The van der Waals surface area contributed by atoms with Crippen molar-refractivity contribution in [3.63, 3.8) is 0 Å². The van der Waals surface area contributed by atoms with Gasteiger partial charge in [-0.25, -0.2) is 19.8 Å². The highest BCUT2D eigenvalue weighted by Gasteiger charge is 2.17. The zero-order valence-electron chi connectivity index (χ0n) is 19.8. The van der Waals surface area contributed by atoms with E-state index in [9.17, 15) is 9.59 Å². The van der Waals surface area contributed by atoms with Crippen LogP contribution in [0.3, 0.4) is 0 Å². The molecule has 0 atom stereocenters. The van der Waals surface area contributed by atoms with Gasteiger partial charge in [0, 0.05) is 31.2 Å². The lowest BCUT2D eigenvalue weighted by atomic mass is 10.2. The second-order valence-electron chi connectivity index (χ2n) is 8.02. The van der Waals surface area contributed by atoms with Gasteiger partial charge in [0.2, 0.25) is 0 Å². The van der Waals surface area contributed by atoms with Crippen molar-refractivity contribution in [3.05, 3.63) is 62.2 Å². The van der Waals surface area contributed by atoms with Gasteiger partial charge in [0.15, 0.2) is 0 Å². The number of nitrogens with zero attached hydrogens (tertiary/aromatic N) is 6. The second kappa shape index (κ2) is 9.89. The zero-order chi connectivity index (χ0) is 23.4. The van der Waals surface area contributed by atoms with Crippen molar-refractivity contribution in [2.45, 2.75) is 54.0 Å². The predicted octanol–water partition coefficient (Wildman–Crippen LogP) is 3.33. The molecule has 32 heavy (non-hydrogen) atoms. The summed E-state index contributed by atoms with van der Waals surface area (Å²) in [6.07, 6.45) is 2.15. The van der Waals surface area contributed by atoms with Crippen LogP contribution in [0, 0.1) is 13.8 Å². The number of aliphatic imine (C=N–C) groups is 1. The number of rotatable bonds is 7. The van der Waals surface area contributed by atoms with Crippen LogP contribution in [-0.2, 0) is 13.6 Å². The fourth-order valence-corrected chi connectivity index (χ4v) is 3.84. The average Bonchev–Trinajstić information content (AvgIpc) is 2.79. The number of unbranched alkanes of at least 4 members (excludes halogenated alkanes) is 1. The molecule has 8 nitrogen and oxygen atoms in total. The summed E-state index contributed by atoms with van der Waals surface area (Å²) in [4.78, 5) is 42.1. The summed E-state index contributed by atoms with van der Waals surface area (Å²) in [5.74, 6) is 1.62. The number of hydrogen-bond donors (Lipinski definition) is 0. The van der Waals surface area contributed by atoms with Gasteiger partial charge in [0.25, 0.3) is 5.56 Å². The molecule has 0 aliphatic carbocycles. The summed E-state index contributed by atoms with van der Waals surface area (Å²) in [6, 6.07) is 7.70. The molecule has 0 saturated heterocycles. The molecular formula is C24H32N6O2. The molecule has 3 aromatic rings. The Kier molecular flexibility index (Phi) is 7.22. The number of benzene rings is 1. The summed E-state index contributed by atoms with van der Waals surface area (Å²) in [6.45, 7) is 11.5. The molecule has 2 heterocycles. The van der Waals surface area contributed by atoms with Gasteiger partial charge in [0.1, 0.15) is 17.5 Å². The number of fused-ring (bicyclic) bond motifs is 1. The standard InChI is InChI=1S/C24H32N6O2/c1-7-9-14-29(8-2)18(5)26-22-16(3)23(31)30(24(32)28(22)6)15-21-25-17(4)19-12-10-11-13-20(19)27-21/h10-13H,7-9,14-15H2,1-6H3/b26-18+. The van der Waals surface area contributed by atoms with Crippen LogP contribution in [-0.4, -0.2) is 42.9 Å². The number of aryl methyl sites for hydroxylation is 1. The molecule has 8 heteroatoms. The molecule has 170 valence electrons. The average molecular weight is 437 g/mol. The maximum absolute atomic E-state index is 13.1. The number of hydrogen-bond acceptors (Lipinski definition) is 5. The minimum Gasteiger partial charge on any atom is -0.361 e. The van der Waals surface area contributed by atoms with Gasteiger partial charge in [-0.15, -0.1) is 0 Å². The summed E-state index contributed by atoms with van der Waals surface area (Å²) in [5.41, 5.74) is 1.23. The number of para-hydroxylation sites is 1. The van der Waals surface area contributed by atoms with Crippen LogP contribution < -0.4 is 11.2 Å². The number of aromatic nitrogens is 4. The molecule has 0 fully saturated rings. The smallest absolute Gasteiger partial charge is 0.332 e. The predicted molar refractivity (Wildman–Crippen MR) is 129 cm³/mol. The lowest BCUT2D eigenvalue weighted by Crippen LogP contribution is -2.41. The third-order valence-corrected chi connectivity index (χ3v) is 5.77. The van der Waals surface area contributed by atoms with E-state index >= 15 is 0 Å². The van der Waals surface area contributed by atoms with Crippen molar-refractivity contribution < 1.29 is 0 Å². The van der Waals surface area contributed by atoms with E-state index in [0.29, 0.717) is 17.2 Å². The highest BCUT2D eigenvalue weighted by atomic mass is 16.2. The Morgan fingerprint density at radius 1 is 1.12 bits per heavy atom. The first-order chi connectivity index (χ1) is 15.3. The fraction of sp³-hybridized carbons (Fsp3) is 0.458. The topological polar surface area (TPSA) is 85.4 Å². The fourth-order valence-electron chi connectivity index (χ4n) is 3.84. The lowest BCUT2D eigenvalue weighted by Gasteiger charge is -2.23. The van der Waals surface area contributed by atoms with Crippen molar-refractivity contribution in [3.8, 4) is 0 Å². The third-order valence-electron chi connectivity index (χ3n) is 5.77. The van der Waals surface area contributed by atoms with Gasteiger partial charge in [-0.2, -0.15) is 0 Å². The van der Waals surface area contributed by atoms with Crippen molar-refractivity contribution in [1.29, 1.82) is 0 Å². The van der Waals surface area contributed by atoms with E-state index in [-0.39, 0.29) is 12.1 Å². The molecule has 0 bridgehead atoms. The molecule has 3 rings (SSSR count). The van der Waals surface area contributed by atoms with Crippen molar-refractivity contribution in [2.75, 3.05) is 13.1 Å². The lowest BCUT2D eigenvalue weighted by molar-refractivity contribution is 0.425. The second-order valence-corrected chi connectivity index (χ2v) is 8.02. The van der Waals surface area contributed by atoms with E-state index in [0.717, 1.165) is 48.4 Å².